The highest BCUT2D eigenvalue weighted by Gasteiger charge is 2.42. The van der Waals surface area contributed by atoms with E-state index in [0.717, 1.165) is 5.56 Å². The molecular weight excluding hydrogens is 398 g/mol. The SMILES string of the molecule is COc1ccc([C@H]2[C@H](C(=O)Nc3ccccc3OC)[C@H](C)Nc3ncnn32)c(OC)c1. The van der Waals surface area contributed by atoms with Crippen LogP contribution in [-0.4, -0.2) is 48.0 Å². The number of nitrogens with zero attached hydrogens (tertiary/aromatic N) is 3. The quantitative estimate of drug-likeness (QED) is 0.629. The van der Waals surface area contributed by atoms with E-state index in [2.05, 4.69) is 20.7 Å². The molecule has 3 aromatic rings. The lowest BCUT2D eigenvalue weighted by Gasteiger charge is -2.37. The van der Waals surface area contributed by atoms with Gasteiger partial charge in [-0.15, -0.1) is 0 Å². The molecule has 0 bridgehead atoms. The van der Waals surface area contributed by atoms with Gasteiger partial charge in [-0.2, -0.15) is 10.1 Å². The van der Waals surface area contributed by atoms with Crippen molar-refractivity contribution < 1.29 is 19.0 Å². The van der Waals surface area contributed by atoms with Crippen LogP contribution in [0.5, 0.6) is 17.2 Å². The third-order valence-corrected chi connectivity index (χ3v) is 5.50. The number of benzene rings is 2. The average Bonchev–Trinajstić information content (AvgIpc) is 3.26. The zero-order chi connectivity index (χ0) is 22.0. The van der Waals surface area contributed by atoms with Crippen LogP contribution in [0.2, 0.25) is 0 Å². The second kappa shape index (κ2) is 8.55. The van der Waals surface area contributed by atoms with E-state index in [1.165, 1.54) is 6.33 Å². The summed E-state index contributed by atoms with van der Waals surface area (Å²) < 4.78 is 18.1. The fourth-order valence-electron chi connectivity index (χ4n) is 4.00. The lowest BCUT2D eigenvalue weighted by molar-refractivity contribution is -0.121. The second-order valence-corrected chi connectivity index (χ2v) is 7.23. The molecule has 162 valence electrons. The predicted molar refractivity (Wildman–Crippen MR) is 116 cm³/mol. The van der Waals surface area contributed by atoms with Gasteiger partial charge in [-0.3, -0.25) is 4.79 Å². The van der Waals surface area contributed by atoms with E-state index in [0.29, 0.717) is 28.9 Å². The summed E-state index contributed by atoms with van der Waals surface area (Å²) in [6, 6.07) is 12.2. The number of fused-ring (bicyclic) bond motifs is 1. The van der Waals surface area contributed by atoms with Gasteiger partial charge < -0.3 is 24.8 Å². The second-order valence-electron chi connectivity index (χ2n) is 7.23. The number of aromatic nitrogens is 3. The van der Waals surface area contributed by atoms with Crippen LogP contribution in [0.3, 0.4) is 0 Å². The molecule has 31 heavy (non-hydrogen) atoms. The minimum atomic E-state index is -0.513. The molecule has 0 spiro atoms. The molecule has 1 aromatic heterocycles. The summed E-state index contributed by atoms with van der Waals surface area (Å²) in [6.07, 6.45) is 1.47. The molecule has 1 amide bonds. The number of hydrogen-bond donors (Lipinski definition) is 2. The van der Waals surface area contributed by atoms with E-state index in [4.69, 9.17) is 14.2 Å². The largest absolute Gasteiger partial charge is 0.497 e. The van der Waals surface area contributed by atoms with E-state index >= 15 is 0 Å². The summed E-state index contributed by atoms with van der Waals surface area (Å²) in [6.45, 7) is 1.95. The minimum Gasteiger partial charge on any atom is -0.497 e. The van der Waals surface area contributed by atoms with Crippen LogP contribution in [0.4, 0.5) is 11.6 Å². The number of nitrogens with one attached hydrogen (secondary N) is 2. The van der Waals surface area contributed by atoms with Crippen molar-refractivity contribution in [2.75, 3.05) is 32.0 Å². The fourth-order valence-corrected chi connectivity index (χ4v) is 4.00. The summed E-state index contributed by atoms with van der Waals surface area (Å²) in [4.78, 5) is 17.9. The van der Waals surface area contributed by atoms with Gasteiger partial charge in [-0.1, -0.05) is 12.1 Å². The van der Waals surface area contributed by atoms with Gasteiger partial charge in [0.05, 0.1) is 39.0 Å². The smallest absolute Gasteiger partial charge is 0.232 e. The van der Waals surface area contributed by atoms with E-state index in [9.17, 15) is 4.79 Å². The molecule has 9 heteroatoms. The highest BCUT2D eigenvalue weighted by Crippen LogP contribution is 2.41. The van der Waals surface area contributed by atoms with E-state index in [-0.39, 0.29) is 11.9 Å². The van der Waals surface area contributed by atoms with Crippen LogP contribution in [0, 0.1) is 5.92 Å². The average molecular weight is 423 g/mol. The number of anilines is 2. The Labute approximate surface area is 180 Å². The summed E-state index contributed by atoms with van der Waals surface area (Å²) in [5.74, 6) is 1.77. The molecule has 4 rings (SSSR count). The Bertz CT molecular complexity index is 1080. The first-order chi connectivity index (χ1) is 15.1. The number of methoxy groups -OCH3 is 3. The van der Waals surface area contributed by atoms with E-state index in [1.807, 2.05) is 37.3 Å². The Morgan fingerprint density at radius 2 is 1.84 bits per heavy atom. The van der Waals surface area contributed by atoms with Crippen molar-refractivity contribution in [2.45, 2.75) is 19.0 Å². The van der Waals surface area contributed by atoms with Gasteiger partial charge in [-0.05, 0) is 31.2 Å². The van der Waals surface area contributed by atoms with Crippen molar-refractivity contribution in [1.29, 1.82) is 0 Å². The topological polar surface area (TPSA) is 99.5 Å². The Kier molecular flexibility index (Phi) is 5.66. The Morgan fingerprint density at radius 1 is 1.06 bits per heavy atom. The number of rotatable bonds is 6. The number of hydrogen-bond acceptors (Lipinski definition) is 7. The molecule has 1 aliphatic heterocycles. The highest BCUT2D eigenvalue weighted by molar-refractivity contribution is 5.95. The van der Waals surface area contributed by atoms with Crippen molar-refractivity contribution >= 4 is 17.5 Å². The highest BCUT2D eigenvalue weighted by atomic mass is 16.5. The van der Waals surface area contributed by atoms with Crippen LogP contribution < -0.4 is 24.8 Å². The lowest BCUT2D eigenvalue weighted by atomic mass is 9.85. The van der Waals surface area contributed by atoms with Crippen LogP contribution in [-0.2, 0) is 4.79 Å². The molecule has 0 saturated carbocycles. The summed E-state index contributed by atoms with van der Waals surface area (Å²) in [5, 5.41) is 10.7. The predicted octanol–water partition coefficient (Wildman–Crippen LogP) is 2.96. The van der Waals surface area contributed by atoms with Crippen molar-refractivity contribution in [2.24, 2.45) is 5.92 Å². The van der Waals surface area contributed by atoms with Crippen molar-refractivity contribution in [3.63, 3.8) is 0 Å². The van der Waals surface area contributed by atoms with E-state index in [1.54, 1.807) is 38.1 Å². The van der Waals surface area contributed by atoms with Crippen molar-refractivity contribution in [1.82, 2.24) is 14.8 Å². The fraction of sp³-hybridized carbons (Fsp3) is 0.318. The Morgan fingerprint density at radius 3 is 2.58 bits per heavy atom. The molecule has 3 atom stereocenters. The van der Waals surface area contributed by atoms with Crippen LogP contribution in [0.15, 0.2) is 48.8 Å². The maximum absolute atomic E-state index is 13.6. The molecule has 0 radical (unpaired) electrons. The maximum Gasteiger partial charge on any atom is 0.232 e. The van der Waals surface area contributed by atoms with Gasteiger partial charge in [0, 0.05) is 17.7 Å². The first-order valence-electron chi connectivity index (χ1n) is 9.89. The number of carbonyl (C=O) groups excluding carboxylic acids is 1. The van der Waals surface area contributed by atoms with Crippen LogP contribution >= 0.6 is 0 Å². The third kappa shape index (κ3) is 3.74. The summed E-state index contributed by atoms with van der Waals surface area (Å²) in [7, 11) is 4.76. The summed E-state index contributed by atoms with van der Waals surface area (Å²) >= 11 is 0. The monoisotopic (exact) mass is 423 g/mol. The van der Waals surface area contributed by atoms with Gasteiger partial charge in [0.1, 0.15) is 23.6 Å². The van der Waals surface area contributed by atoms with E-state index < -0.39 is 12.0 Å². The molecule has 0 fully saturated rings. The number of carbonyl (C=O) groups is 1. The van der Waals surface area contributed by atoms with Crippen molar-refractivity contribution in [3.8, 4) is 17.2 Å². The normalized spacial score (nSPS) is 19.7. The molecule has 2 N–H and O–H groups in total. The molecular formula is C22H25N5O4. The zero-order valence-electron chi connectivity index (χ0n) is 17.8. The van der Waals surface area contributed by atoms with Crippen molar-refractivity contribution in [3.05, 3.63) is 54.4 Å². The molecule has 2 heterocycles. The third-order valence-electron chi connectivity index (χ3n) is 5.50. The summed E-state index contributed by atoms with van der Waals surface area (Å²) in [5.41, 5.74) is 1.41. The Hall–Kier alpha value is -3.75. The lowest BCUT2D eigenvalue weighted by Crippen LogP contribution is -2.46. The minimum absolute atomic E-state index is 0.173. The first kappa shape index (κ1) is 20.5. The van der Waals surface area contributed by atoms with Gasteiger partial charge >= 0.3 is 0 Å². The molecule has 0 unspecified atom stereocenters. The van der Waals surface area contributed by atoms with Crippen LogP contribution in [0.25, 0.3) is 0 Å². The molecule has 1 aliphatic rings. The van der Waals surface area contributed by atoms with Gasteiger partial charge in [0.2, 0.25) is 11.9 Å². The number of para-hydroxylation sites is 2. The number of amides is 1. The van der Waals surface area contributed by atoms with Crippen LogP contribution in [0.1, 0.15) is 18.5 Å². The molecule has 2 aromatic carbocycles. The van der Waals surface area contributed by atoms with Gasteiger partial charge in [-0.25, -0.2) is 4.68 Å². The maximum atomic E-state index is 13.6. The standard InChI is InChI=1S/C22H25N5O4/c1-13-19(21(28)26-16-7-5-6-8-17(16)30-3)20(27-22(25-13)23-12-24-27)15-10-9-14(29-2)11-18(15)31-4/h5-13,19-20H,1-4H3,(H,26,28)(H,23,24,25)/t13-,19+,20-/m0/s1. The molecule has 0 aliphatic carbocycles. The zero-order valence-corrected chi connectivity index (χ0v) is 17.8. The first-order valence-corrected chi connectivity index (χ1v) is 9.89. The van der Waals surface area contributed by atoms with Gasteiger partial charge in [0.25, 0.3) is 0 Å². The molecule has 9 nitrogen and oxygen atoms in total. The Balaban J connectivity index is 1.78. The molecule has 0 saturated heterocycles. The number of ether oxygens (including phenoxy) is 3. The van der Waals surface area contributed by atoms with Gasteiger partial charge in [0.15, 0.2) is 0 Å².